The molecule has 0 amide bonds. The van der Waals surface area contributed by atoms with Crippen LogP contribution in [0.15, 0.2) is 67.1 Å². The van der Waals surface area contributed by atoms with Gasteiger partial charge in [0.2, 0.25) is 17.8 Å². The molecule has 2 aromatic heterocycles. The highest BCUT2D eigenvalue weighted by Gasteiger charge is 2.23. The van der Waals surface area contributed by atoms with Crippen molar-refractivity contribution >= 4 is 29.4 Å². The number of ether oxygens (including phenoxy) is 1. The molecule has 0 spiro atoms. The third-order valence-corrected chi connectivity index (χ3v) is 7.75. The van der Waals surface area contributed by atoms with Crippen molar-refractivity contribution in [2.45, 2.75) is 25.3 Å². The molecule has 0 unspecified atom stereocenters. The van der Waals surface area contributed by atoms with Crippen LogP contribution in [0.4, 0.5) is 29.4 Å². The fraction of sp³-hybridized carbons (Fsp3) is 0.367. The lowest BCUT2D eigenvalue weighted by Crippen LogP contribution is -2.47. The van der Waals surface area contributed by atoms with Gasteiger partial charge in [-0.15, -0.1) is 0 Å². The van der Waals surface area contributed by atoms with Crippen molar-refractivity contribution in [1.29, 1.82) is 0 Å². The van der Waals surface area contributed by atoms with Crippen molar-refractivity contribution in [1.82, 2.24) is 29.8 Å². The van der Waals surface area contributed by atoms with Gasteiger partial charge in [0.15, 0.2) is 0 Å². The standard InChI is InChI=1S/C30H36N10O/c1-38-13-5-8-25(38)20-41-26-11-9-24(10-12-26)35-28-33-21-34-30(37-28)40-16-14-39(15-17-40)29-32-19-23(27(31)36-29)18-22-6-3-2-4-7-22/h2-4,6-7,9-12,19,21,25H,5,8,13-18,20H2,1H3,(H2,31,32,36)(H,33,34,35,37)/t25-/m0/s1. The Hall–Kier alpha value is -4.51. The second-order valence-corrected chi connectivity index (χ2v) is 10.6. The van der Waals surface area contributed by atoms with Gasteiger partial charge in [0, 0.05) is 56.1 Å². The largest absolute Gasteiger partial charge is 0.492 e. The van der Waals surface area contributed by atoms with Crippen LogP contribution in [0.3, 0.4) is 0 Å². The number of nitrogens with two attached hydrogens (primary N) is 1. The molecule has 0 saturated carbocycles. The number of piperazine rings is 1. The van der Waals surface area contributed by atoms with Gasteiger partial charge < -0.3 is 30.5 Å². The lowest BCUT2D eigenvalue weighted by Gasteiger charge is -2.34. The first-order valence-electron chi connectivity index (χ1n) is 14.1. The van der Waals surface area contributed by atoms with Crippen molar-refractivity contribution in [2.75, 3.05) is 67.2 Å². The first-order valence-corrected chi connectivity index (χ1v) is 14.1. The summed E-state index contributed by atoms with van der Waals surface area (Å²) in [6.07, 6.45) is 6.53. The highest BCUT2D eigenvalue weighted by Crippen LogP contribution is 2.23. The summed E-state index contributed by atoms with van der Waals surface area (Å²) in [5, 5.41) is 3.28. The number of rotatable bonds is 9. The van der Waals surface area contributed by atoms with E-state index in [-0.39, 0.29) is 0 Å². The molecule has 41 heavy (non-hydrogen) atoms. The van der Waals surface area contributed by atoms with E-state index in [1.165, 1.54) is 18.4 Å². The molecule has 4 aromatic rings. The fourth-order valence-corrected chi connectivity index (χ4v) is 5.27. The zero-order chi connectivity index (χ0) is 28.0. The number of likely N-dealkylation sites (tertiary alicyclic amines) is 1. The predicted molar refractivity (Wildman–Crippen MR) is 161 cm³/mol. The van der Waals surface area contributed by atoms with Crippen molar-refractivity contribution < 1.29 is 4.74 Å². The summed E-state index contributed by atoms with van der Waals surface area (Å²) >= 11 is 0. The van der Waals surface area contributed by atoms with Crippen molar-refractivity contribution in [3.63, 3.8) is 0 Å². The maximum Gasteiger partial charge on any atom is 0.231 e. The summed E-state index contributed by atoms with van der Waals surface area (Å²) in [7, 11) is 2.16. The number of anilines is 5. The minimum atomic E-state index is 0.495. The van der Waals surface area contributed by atoms with E-state index >= 15 is 0 Å². The molecule has 3 N–H and O–H groups in total. The second-order valence-electron chi connectivity index (χ2n) is 10.6. The number of hydrogen-bond donors (Lipinski definition) is 2. The molecule has 2 saturated heterocycles. The minimum Gasteiger partial charge on any atom is -0.492 e. The maximum atomic E-state index is 6.30. The van der Waals surface area contributed by atoms with Crippen LogP contribution in [0.1, 0.15) is 24.0 Å². The molecule has 212 valence electrons. The molecule has 11 nitrogen and oxygen atoms in total. The van der Waals surface area contributed by atoms with Crippen molar-refractivity contribution in [3.05, 3.63) is 78.2 Å². The van der Waals surface area contributed by atoms with E-state index in [1.54, 1.807) is 6.33 Å². The molecule has 0 aliphatic carbocycles. The molecule has 0 radical (unpaired) electrons. The SMILES string of the molecule is CN1CCC[C@H]1COc1ccc(Nc2ncnc(N3CCN(c4ncc(Cc5ccccc5)c(N)n4)CC3)n2)cc1. The van der Waals surface area contributed by atoms with Crippen LogP contribution in [-0.2, 0) is 6.42 Å². The van der Waals surface area contributed by atoms with Gasteiger partial charge in [0.25, 0.3) is 0 Å². The molecule has 2 aromatic carbocycles. The minimum absolute atomic E-state index is 0.495. The Bertz CT molecular complexity index is 1430. The molecule has 2 aliphatic heterocycles. The van der Waals surface area contributed by atoms with Gasteiger partial charge in [0.05, 0.1) is 0 Å². The van der Waals surface area contributed by atoms with Gasteiger partial charge >= 0.3 is 0 Å². The molecular weight excluding hydrogens is 516 g/mol. The lowest BCUT2D eigenvalue weighted by atomic mass is 10.1. The maximum absolute atomic E-state index is 6.30. The van der Waals surface area contributed by atoms with Crippen LogP contribution < -0.4 is 25.6 Å². The van der Waals surface area contributed by atoms with Crippen molar-refractivity contribution in [3.8, 4) is 5.75 Å². The van der Waals surface area contributed by atoms with Crippen LogP contribution in [0.5, 0.6) is 5.75 Å². The van der Waals surface area contributed by atoms with Crippen LogP contribution in [-0.4, -0.2) is 82.2 Å². The number of aromatic nitrogens is 5. The van der Waals surface area contributed by atoms with Crippen LogP contribution in [0.25, 0.3) is 0 Å². The van der Waals surface area contributed by atoms with E-state index in [0.29, 0.717) is 42.7 Å². The lowest BCUT2D eigenvalue weighted by molar-refractivity contribution is 0.198. The van der Waals surface area contributed by atoms with Gasteiger partial charge in [-0.25, -0.2) is 15.0 Å². The molecular formula is C30H36N10O. The zero-order valence-corrected chi connectivity index (χ0v) is 23.4. The third kappa shape index (κ3) is 6.63. The van der Waals surface area contributed by atoms with E-state index < -0.39 is 0 Å². The molecule has 11 heteroatoms. The van der Waals surface area contributed by atoms with Gasteiger partial charge in [-0.1, -0.05) is 30.3 Å². The van der Waals surface area contributed by atoms with Gasteiger partial charge in [-0.2, -0.15) is 9.97 Å². The van der Waals surface area contributed by atoms with Gasteiger partial charge in [-0.05, 0) is 56.3 Å². The molecule has 0 bridgehead atoms. The second kappa shape index (κ2) is 12.3. The topological polar surface area (TPSA) is 121 Å². The summed E-state index contributed by atoms with van der Waals surface area (Å²) in [6, 6.07) is 18.6. The Balaban J connectivity index is 1.02. The van der Waals surface area contributed by atoms with E-state index in [2.05, 4.69) is 64.1 Å². The predicted octanol–water partition coefficient (Wildman–Crippen LogP) is 3.38. The van der Waals surface area contributed by atoms with Crippen LogP contribution in [0.2, 0.25) is 0 Å². The normalized spacial score (nSPS) is 17.5. The Morgan fingerprint density at radius 2 is 1.61 bits per heavy atom. The highest BCUT2D eigenvalue weighted by molar-refractivity contribution is 5.55. The summed E-state index contributed by atoms with van der Waals surface area (Å²) in [6.45, 7) is 4.81. The Morgan fingerprint density at radius 1 is 0.878 bits per heavy atom. The van der Waals surface area contributed by atoms with E-state index in [0.717, 1.165) is 49.7 Å². The number of hydrogen-bond acceptors (Lipinski definition) is 11. The summed E-state index contributed by atoms with van der Waals surface area (Å²) in [5.41, 5.74) is 9.31. The average Bonchev–Trinajstić information content (AvgIpc) is 3.43. The summed E-state index contributed by atoms with van der Waals surface area (Å²) in [4.78, 5) is 29.3. The number of nitrogen functional groups attached to an aromatic ring is 1. The van der Waals surface area contributed by atoms with Crippen molar-refractivity contribution in [2.24, 2.45) is 0 Å². The van der Waals surface area contributed by atoms with Crippen LogP contribution >= 0.6 is 0 Å². The third-order valence-electron chi connectivity index (χ3n) is 7.75. The number of nitrogens with one attached hydrogen (secondary N) is 1. The molecule has 2 aliphatic rings. The van der Waals surface area contributed by atoms with Crippen LogP contribution in [0, 0.1) is 0 Å². The fourth-order valence-electron chi connectivity index (χ4n) is 5.27. The molecule has 2 fully saturated rings. The molecule has 1 atom stereocenters. The van der Waals surface area contributed by atoms with E-state index in [1.807, 2.05) is 48.7 Å². The number of likely N-dealkylation sites (N-methyl/N-ethyl adjacent to an activating group) is 1. The monoisotopic (exact) mass is 552 g/mol. The Morgan fingerprint density at radius 3 is 2.29 bits per heavy atom. The summed E-state index contributed by atoms with van der Waals surface area (Å²) < 4.78 is 6.00. The number of nitrogens with zero attached hydrogens (tertiary/aromatic N) is 8. The Kier molecular flexibility index (Phi) is 8.04. The van der Waals surface area contributed by atoms with E-state index in [9.17, 15) is 0 Å². The quantitative estimate of drug-likeness (QED) is 0.318. The first-order chi connectivity index (χ1) is 20.1. The average molecular weight is 553 g/mol. The van der Waals surface area contributed by atoms with Gasteiger partial charge in [-0.3, -0.25) is 0 Å². The zero-order valence-electron chi connectivity index (χ0n) is 23.4. The first kappa shape index (κ1) is 26.7. The Labute approximate surface area is 240 Å². The molecule has 4 heterocycles. The van der Waals surface area contributed by atoms with Gasteiger partial charge in [0.1, 0.15) is 24.5 Å². The number of benzene rings is 2. The smallest absolute Gasteiger partial charge is 0.231 e. The van der Waals surface area contributed by atoms with E-state index in [4.69, 9.17) is 10.5 Å². The summed E-state index contributed by atoms with van der Waals surface area (Å²) in [5.74, 6) is 3.18. The molecule has 6 rings (SSSR count). The highest BCUT2D eigenvalue weighted by atomic mass is 16.5.